The van der Waals surface area contributed by atoms with Crippen LogP contribution in [0, 0.1) is 0 Å². The number of nitrogens with two attached hydrogens (primary N) is 2. The molecular weight excluding hydrogens is 216 g/mol. The van der Waals surface area contributed by atoms with Crippen molar-refractivity contribution in [2.24, 2.45) is 11.5 Å². The lowest BCUT2D eigenvalue weighted by molar-refractivity contribution is -0.158. The Labute approximate surface area is 105 Å². The molecular formula is C13H28N2O2. The maximum absolute atomic E-state index is 11.7. The van der Waals surface area contributed by atoms with E-state index in [1.807, 2.05) is 20.8 Å². The number of hydrogen-bond acceptors (Lipinski definition) is 4. The van der Waals surface area contributed by atoms with E-state index in [0.29, 0.717) is 6.42 Å². The van der Waals surface area contributed by atoms with Crippen molar-refractivity contribution in [1.29, 1.82) is 0 Å². The molecule has 1 unspecified atom stereocenters. The number of esters is 1. The Kier molecular flexibility index (Phi) is 8.17. The van der Waals surface area contributed by atoms with Crippen LogP contribution in [0.2, 0.25) is 0 Å². The monoisotopic (exact) mass is 244 g/mol. The predicted molar refractivity (Wildman–Crippen MR) is 70.6 cm³/mol. The van der Waals surface area contributed by atoms with Gasteiger partial charge in [0.15, 0.2) is 0 Å². The number of ether oxygens (including phenoxy) is 1. The van der Waals surface area contributed by atoms with Crippen molar-refractivity contribution in [3.8, 4) is 0 Å². The normalized spacial score (nSPS) is 13.5. The molecule has 4 heteroatoms. The number of carbonyl (C=O) groups excluding carboxylic acids is 1. The van der Waals surface area contributed by atoms with Crippen LogP contribution in [-0.4, -0.2) is 24.2 Å². The third-order valence-electron chi connectivity index (χ3n) is 3.00. The fourth-order valence-corrected chi connectivity index (χ4v) is 1.40. The van der Waals surface area contributed by atoms with Crippen LogP contribution in [0.3, 0.4) is 0 Å². The first-order valence-corrected chi connectivity index (χ1v) is 6.61. The van der Waals surface area contributed by atoms with E-state index >= 15 is 0 Å². The summed E-state index contributed by atoms with van der Waals surface area (Å²) in [6, 6.07) is -0.487. The van der Waals surface area contributed by atoms with Gasteiger partial charge in [0.25, 0.3) is 0 Å². The molecule has 0 saturated carbocycles. The van der Waals surface area contributed by atoms with Crippen LogP contribution in [0.5, 0.6) is 0 Å². The zero-order valence-electron chi connectivity index (χ0n) is 11.5. The molecule has 102 valence electrons. The summed E-state index contributed by atoms with van der Waals surface area (Å²) >= 11 is 0. The first kappa shape index (κ1) is 16.4. The molecule has 0 aliphatic heterocycles. The molecule has 0 aromatic rings. The molecule has 0 amide bonds. The SMILES string of the molecule is CCC(C)(C)OC(=O)C(N)CCCCCCN. The van der Waals surface area contributed by atoms with Crippen molar-refractivity contribution in [2.75, 3.05) is 6.54 Å². The third-order valence-corrected chi connectivity index (χ3v) is 3.00. The minimum Gasteiger partial charge on any atom is -0.459 e. The highest BCUT2D eigenvalue weighted by Gasteiger charge is 2.24. The van der Waals surface area contributed by atoms with Crippen LogP contribution in [0.4, 0.5) is 0 Å². The van der Waals surface area contributed by atoms with Crippen molar-refractivity contribution in [3.63, 3.8) is 0 Å². The molecule has 0 heterocycles. The van der Waals surface area contributed by atoms with Crippen LogP contribution < -0.4 is 11.5 Å². The van der Waals surface area contributed by atoms with Crippen LogP contribution in [0.15, 0.2) is 0 Å². The standard InChI is InChI=1S/C13H28N2O2/c1-4-13(2,3)17-12(16)11(15)9-7-5-6-8-10-14/h11H,4-10,14-15H2,1-3H3. The van der Waals surface area contributed by atoms with Gasteiger partial charge in [-0.25, -0.2) is 0 Å². The summed E-state index contributed by atoms with van der Waals surface area (Å²) in [4.78, 5) is 11.7. The van der Waals surface area contributed by atoms with Gasteiger partial charge in [-0.2, -0.15) is 0 Å². The largest absolute Gasteiger partial charge is 0.459 e. The van der Waals surface area contributed by atoms with Gasteiger partial charge in [0.1, 0.15) is 11.6 Å². The molecule has 17 heavy (non-hydrogen) atoms. The fraction of sp³-hybridized carbons (Fsp3) is 0.923. The summed E-state index contributed by atoms with van der Waals surface area (Å²) in [7, 11) is 0. The Morgan fingerprint density at radius 2 is 1.82 bits per heavy atom. The van der Waals surface area contributed by atoms with Crippen LogP contribution in [-0.2, 0) is 9.53 Å². The minimum atomic E-state index is -0.487. The van der Waals surface area contributed by atoms with E-state index in [0.717, 1.165) is 38.6 Å². The number of unbranched alkanes of at least 4 members (excludes halogenated alkanes) is 3. The highest BCUT2D eigenvalue weighted by molar-refractivity contribution is 5.75. The molecule has 0 aliphatic rings. The Bertz CT molecular complexity index is 217. The minimum absolute atomic E-state index is 0.282. The second-order valence-corrected chi connectivity index (χ2v) is 5.13. The zero-order valence-corrected chi connectivity index (χ0v) is 11.5. The van der Waals surface area contributed by atoms with E-state index in [4.69, 9.17) is 16.2 Å². The summed E-state index contributed by atoms with van der Waals surface area (Å²) in [5.41, 5.74) is 10.8. The lowest BCUT2D eigenvalue weighted by atomic mass is 10.1. The van der Waals surface area contributed by atoms with Gasteiger partial charge in [0, 0.05) is 0 Å². The van der Waals surface area contributed by atoms with Gasteiger partial charge >= 0.3 is 5.97 Å². The van der Waals surface area contributed by atoms with E-state index in [9.17, 15) is 4.79 Å². The first-order valence-electron chi connectivity index (χ1n) is 6.61. The number of carbonyl (C=O) groups is 1. The van der Waals surface area contributed by atoms with Crippen LogP contribution in [0.25, 0.3) is 0 Å². The molecule has 4 N–H and O–H groups in total. The average Bonchev–Trinajstić information content (AvgIpc) is 2.28. The predicted octanol–water partition coefficient (Wildman–Crippen LogP) is 1.95. The summed E-state index contributed by atoms with van der Waals surface area (Å²) in [6.45, 7) is 6.53. The van der Waals surface area contributed by atoms with Gasteiger partial charge in [0.2, 0.25) is 0 Å². The van der Waals surface area contributed by atoms with Crippen LogP contribution >= 0.6 is 0 Å². The molecule has 1 atom stereocenters. The molecule has 0 aromatic heterocycles. The lowest BCUT2D eigenvalue weighted by Crippen LogP contribution is -2.38. The van der Waals surface area contributed by atoms with Crippen LogP contribution in [0.1, 0.15) is 59.3 Å². The highest BCUT2D eigenvalue weighted by atomic mass is 16.6. The van der Waals surface area contributed by atoms with E-state index < -0.39 is 11.6 Å². The first-order chi connectivity index (χ1) is 7.93. The van der Waals surface area contributed by atoms with Gasteiger partial charge in [-0.15, -0.1) is 0 Å². The summed E-state index contributed by atoms with van der Waals surface area (Å²) in [6.07, 6.45) is 5.69. The van der Waals surface area contributed by atoms with E-state index in [1.165, 1.54) is 0 Å². The van der Waals surface area contributed by atoms with Gasteiger partial charge in [-0.1, -0.05) is 26.2 Å². The van der Waals surface area contributed by atoms with Gasteiger partial charge in [0.05, 0.1) is 0 Å². The van der Waals surface area contributed by atoms with Crippen molar-refractivity contribution in [1.82, 2.24) is 0 Å². The Balaban J connectivity index is 3.75. The second kappa shape index (κ2) is 8.48. The molecule has 0 aliphatic carbocycles. The number of rotatable bonds is 9. The van der Waals surface area contributed by atoms with Crippen molar-refractivity contribution >= 4 is 5.97 Å². The second-order valence-electron chi connectivity index (χ2n) is 5.13. The molecule has 4 nitrogen and oxygen atoms in total. The van der Waals surface area contributed by atoms with E-state index in [-0.39, 0.29) is 5.97 Å². The van der Waals surface area contributed by atoms with Crippen molar-refractivity contribution < 1.29 is 9.53 Å². The Morgan fingerprint density at radius 3 is 2.35 bits per heavy atom. The van der Waals surface area contributed by atoms with E-state index in [1.54, 1.807) is 0 Å². The van der Waals surface area contributed by atoms with Gasteiger partial charge in [-0.05, 0) is 39.7 Å². The smallest absolute Gasteiger partial charge is 0.323 e. The quantitative estimate of drug-likeness (QED) is 0.480. The molecule has 0 fully saturated rings. The van der Waals surface area contributed by atoms with Gasteiger partial charge < -0.3 is 16.2 Å². The molecule has 0 rings (SSSR count). The fourth-order valence-electron chi connectivity index (χ4n) is 1.40. The number of hydrogen-bond donors (Lipinski definition) is 2. The molecule has 0 saturated heterocycles. The summed E-state index contributed by atoms with van der Waals surface area (Å²) in [5, 5.41) is 0. The molecule has 0 spiro atoms. The maximum Gasteiger partial charge on any atom is 0.323 e. The average molecular weight is 244 g/mol. The Hall–Kier alpha value is -0.610. The van der Waals surface area contributed by atoms with Crippen molar-refractivity contribution in [2.45, 2.75) is 70.9 Å². The summed E-state index contributed by atoms with van der Waals surface area (Å²) in [5.74, 6) is -0.282. The molecule has 0 bridgehead atoms. The zero-order chi connectivity index (χ0) is 13.3. The molecule has 0 radical (unpaired) electrons. The van der Waals surface area contributed by atoms with E-state index in [2.05, 4.69) is 0 Å². The summed E-state index contributed by atoms with van der Waals surface area (Å²) < 4.78 is 5.34. The highest BCUT2D eigenvalue weighted by Crippen LogP contribution is 2.15. The maximum atomic E-state index is 11.7. The Morgan fingerprint density at radius 1 is 1.24 bits per heavy atom. The topological polar surface area (TPSA) is 78.3 Å². The lowest BCUT2D eigenvalue weighted by Gasteiger charge is -2.25. The van der Waals surface area contributed by atoms with Crippen molar-refractivity contribution in [3.05, 3.63) is 0 Å². The molecule has 0 aromatic carbocycles. The van der Waals surface area contributed by atoms with Gasteiger partial charge in [-0.3, -0.25) is 4.79 Å². The third kappa shape index (κ3) is 8.16.